The molecule has 0 aliphatic carbocycles. The highest BCUT2D eigenvalue weighted by Gasteiger charge is 2.05. The van der Waals surface area contributed by atoms with E-state index in [2.05, 4.69) is 23.1 Å². The van der Waals surface area contributed by atoms with Crippen molar-refractivity contribution >= 4 is 9.24 Å². The zero-order valence-electron chi connectivity index (χ0n) is 8.42. The predicted molar refractivity (Wildman–Crippen MR) is 58.3 cm³/mol. The fourth-order valence-corrected chi connectivity index (χ4v) is 1.81. The van der Waals surface area contributed by atoms with Gasteiger partial charge < -0.3 is 5.11 Å². The summed E-state index contributed by atoms with van der Waals surface area (Å²) < 4.78 is 0. The molecule has 0 amide bonds. The summed E-state index contributed by atoms with van der Waals surface area (Å²) in [6.07, 6.45) is 7.33. The van der Waals surface area contributed by atoms with E-state index in [0.29, 0.717) is 0 Å². The third-order valence-electron chi connectivity index (χ3n) is 2.39. The van der Waals surface area contributed by atoms with Crippen LogP contribution in [0, 0.1) is 5.92 Å². The Hall–Kier alpha value is 0.390. The highest BCUT2D eigenvalue weighted by molar-refractivity contribution is 7.17. The molecule has 12 heavy (non-hydrogen) atoms. The first-order valence-electron chi connectivity index (χ1n) is 5.14. The molecule has 3 atom stereocenters. The Balaban J connectivity index is 3.31. The van der Waals surface area contributed by atoms with E-state index in [0.717, 1.165) is 12.3 Å². The van der Waals surface area contributed by atoms with Crippen molar-refractivity contribution in [2.24, 2.45) is 5.92 Å². The average Bonchev–Trinajstić information content (AvgIpc) is 2.02. The summed E-state index contributed by atoms with van der Waals surface area (Å²) in [5.74, 6) is 0.697. The van der Waals surface area contributed by atoms with E-state index in [4.69, 9.17) is 5.11 Å². The highest BCUT2D eigenvalue weighted by Crippen LogP contribution is 2.19. The van der Waals surface area contributed by atoms with Gasteiger partial charge in [0.05, 0.1) is 5.85 Å². The van der Waals surface area contributed by atoms with Crippen LogP contribution in [0.2, 0.25) is 0 Å². The third-order valence-corrected chi connectivity index (χ3v) is 2.72. The van der Waals surface area contributed by atoms with Crippen LogP contribution in [-0.2, 0) is 0 Å². The van der Waals surface area contributed by atoms with Gasteiger partial charge in [0.25, 0.3) is 0 Å². The maximum Gasteiger partial charge on any atom is 0.0673 e. The Morgan fingerprint density at radius 1 is 1.17 bits per heavy atom. The minimum atomic E-state index is -0.191. The molecule has 0 heterocycles. The molecule has 0 bridgehead atoms. The Bertz CT molecular complexity index is 93.8. The van der Waals surface area contributed by atoms with E-state index < -0.39 is 0 Å². The summed E-state index contributed by atoms with van der Waals surface area (Å²) in [7, 11) is 2.44. The van der Waals surface area contributed by atoms with Gasteiger partial charge in [0.2, 0.25) is 0 Å². The maximum absolute atomic E-state index is 9.03. The lowest BCUT2D eigenvalue weighted by Crippen LogP contribution is -2.01. The molecule has 0 fully saturated rings. The monoisotopic (exact) mass is 190 g/mol. The molecule has 74 valence electrons. The normalized spacial score (nSPS) is 16.0. The first-order valence-corrected chi connectivity index (χ1v) is 5.81. The smallest absolute Gasteiger partial charge is 0.0673 e. The number of rotatable bonds is 7. The Kier molecular flexibility index (Phi) is 8.27. The molecule has 0 aromatic carbocycles. The summed E-state index contributed by atoms with van der Waals surface area (Å²) in [5, 5.41) is 9.03. The van der Waals surface area contributed by atoms with Crippen LogP contribution < -0.4 is 0 Å². The lowest BCUT2D eigenvalue weighted by molar-refractivity contribution is 0.241. The third kappa shape index (κ3) is 7.06. The van der Waals surface area contributed by atoms with Gasteiger partial charge >= 0.3 is 0 Å². The molecule has 2 heteroatoms. The molecule has 0 radical (unpaired) electrons. The Morgan fingerprint density at radius 2 is 1.83 bits per heavy atom. The molecule has 0 rings (SSSR count). The van der Waals surface area contributed by atoms with E-state index in [1.54, 1.807) is 0 Å². The van der Waals surface area contributed by atoms with Crippen molar-refractivity contribution in [3.8, 4) is 0 Å². The van der Waals surface area contributed by atoms with Crippen molar-refractivity contribution in [1.29, 1.82) is 0 Å². The second kappa shape index (κ2) is 8.01. The van der Waals surface area contributed by atoms with Crippen LogP contribution >= 0.6 is 9.24 Å². The van der Waals surface area contributed by atoms with Gasteiger partial charge in [-0.1, -0.05) is 46.0 Å². The standard InChI is InChI=1S/C10H23OP/c1-3-6-9(4-2)7-5-8-10(11)12/h9-11H,3-8,12H2,1-2H3/t9?,10-/m0/s1. The summed E-state index contributed by atoms with van der Waals surface area (Å²) in [6.45, 7) is 4.50. The number of aliphatic hydroxyl groups excluding tert-OH is 1. The average molecular weight is 190 g/mol. The summed E-state index contributed by atoms with van der Waals surface area (Å²) in [4.78, 5) is 0. The molecule has 0 aliphatic heterocycles. The van der Waals surface area contributed by atoms with Crippen molar-refractivity contribution in [1.82, 2.24) is 0 Å². The van der Waals surface area contributed by atoms with Gasteiger partial charge in [-0.15, -0.1) is 9.24 Å². The molecule has 0 aliphatic rings. The molecule has 0 saturated heterocycles. The van der Waals surface area contributed by atoms with E-state index in [1.807, 2.05) is 0 Å². The first-order chi connectivity index (χ1) is 5.70. The van der Waals surface area contributed by atoms with Gasteiger partial charge in [0.15, 0.2) is 0 Å². The summed E-state index contributed by atoms with van der Waals surface area (Å²) in [6, 6.07) is 0. The van der Waals surface area contributed by atoms with Crippen LogP contribution in [0.1, 0.15) is 52.4 Å². The maximum atomic E-state index is 9.03. The van der Waals surface area contributed by atoms with Crippen molar-refractivity contribution in [2.45, 2.75) is 58.2 Å². The first kappa shape index (κ1) is 12.4. The summed E-state index contributed by atoms with van der Waals surface area (Å²) >= 11 is 0. The Morgan fingerprint density at radius 3 is 2.25 bits per heavy atom. The second-order valence-electron chi connectivity index (χ2n) is 3.56. The van der Waals surface area contributed by atoms with Gasteiger partial charge in [-0.3, -0.25) is 0 Å². The van der Waals surface area contributed by atoms with Crippen LogP contribution in [0.25, 0.3) is 0 Å². The SMILES string of the molecule is CCCC(CC)CCC[C@@H](O)P. The fraction of sp³-hybridized carbons (Fsp3) is 1.00. The topological polar surface area (TPSA) is 20.2 Å². The molecule has 0 saturated carbocycles. The zero-order valence-corrected chi connectivity index (χ0v) is 9.58. The van der Waals surface area contributed by atoms with Crippen molar-refractivity contribution in [2.75, 3.05) is 0 Å². The quantitative estimate of drug-likeness (QED) is 0.611. The predicted octanol–water partition coefficient (Wildman–Crippen LogP) is 3.18. The largest absolute Gasteiger partial charge is 0.389 e. The van der Waals surface area contributed by atoms with E-state index in [9.17, 15) is 0 Å². The summed E-state index contributed by atoms with van der Waals surface area (Å²) in [5.41, 5.74) is 0. The molecule has 0 aromatic rings. The lowest BCUT2D eigenvalue weighted by atomic mass is 9.95. The highest BCUT2D eigenvalue weighted by atomic mass is 31.0. The molecule has 1 nitrogen and oxygen atoms in total. The molecular weight excluding hydrogens is 167 g/mol. The van der Waals surface area contributed by atoms with Crippen LogP contribution in [0.3, 0.4) is 0 Å². The Labute approximate surface area is 79.1 Å². The van der Waals surface area contributed by atoms with Gasteiger partial charge in [-0.25, -0.2) is 0 Å². The second-order valence-corrected chi connectivity index (χ2v) is 4.33. The van der Waals surface area contributed by atoms with Crippen molar-refractivity contribution in [3.05, 3.63) is 0 Å². The molecule has 0 spiro atoms. The van der Waals surface area contributed by atoms with Crippen molar-refractivity contribution in [3.63, 3.8) is 0 Å². The van der Waals surface area contributed by atoms with Crippen LogP contribution in [0.5, 0.6) is 0 Å². The number of hydrogen-bond acceptors (Lipinski definition) is 1. The van der Waals surface area contributed by atoms with E-state index in [1.165, 1.54) is 32.1 Å². The molecule has 1 N–H and O–H groups in total. The van der Waals surface area contributed by atoms with Crippen LogP contribution in [0.4, 0.5) is 0 Å². The van der Waals surface area contributed by atoms with Gasteiger partial charge in [-0.05, 0) is 12.3 Å². The molecule has 0 aromatic heterocycles. The minimum Gasteiger partial charge on any atom is -0.389 e. The van der Waals surface area contributed by atoms with Crippen molar-refractivity contribution < 1.29 is 5.11 Å². The fourth-order valence-electron chi connectivity index (χ4n) is 1.58. The lowest BCUT2D eigenvalue weighted by Gasteiger charge is -2.13. The van der Waals surface area contributed by atoms with Crippen LogP contribution in [0.15, 0.2) is 0 Å². The zero-order chi connectivity index (χ0) is 9.40. The van der Waals surface area contributed by atoms with Gasteiger partial charge in [-0.2, -0.15) is 0 Å². The van der Waals surface area contributed by atoms with Gasteiger partial charge in [0, 0.05) is 0 Å². The molecular formula is C10H23OP. The van der Waals surface area contributed by atoms with E-state index in [-0.39, 0.29) is 5.85 Å². The van der Waals surface area contributed by atoms with Crippen LogP contribution in [-0.4, -0.2) is 11.0 Å². The number of hydrogen-bond donors (Lipinski definition) is 1. The molecule has 2 unspecified atom stereocenters. The van der Waals surface area contributed by atoms with E-state index >= 15 is 0 Å². The van der Waals surface area contributed by atoms with Gasteiger partial charge in [0.1, 0.15) is 0 Å². The minimum absolute atomic E-state index is 0.191. The number of aliphatic hydroxyl groups is 1.